The van der Waals surface area contributed by atoms with Gasteiger partial charge in [0.05, 0.1) is 6.61 Å². The summed E-state index contributed by atoms with van der Waals surface area (Å²) in [6, 6.07) is 5.21. The van der Waals surface area contributed by atoms with Crippen molar-refractivity contribution < 1.29 is 4.74 Å². The molecular weight excluding hydrogens is 190 g/mol. The minimum atomic E-state index is -0.936. The van der Waals surface area contributed by atoms with E-state index in [1.807, 2.05) is 18.3 Å². The summed E-state index contributed by atoms with van der Waals surface area (Å²) in [7, 11) is -0.936. The fraction of sp³-hybridized carbons (Fsp3) is 0.545. The standard InChI is InChI=1S/C11H19NOSi/c1-14(2,3)8-7-13-10-11-5-4-6-12-9-11/h4-6,9H,7-8,10H2,1-3H3. The van der Waals surface area contributed by atoms with Crippen molar-refractivity contribution in [3.05, 3.63) is 30.1 Å². The maximum atomic E-state index is 5.59. The van der Waals surface area contributed by atoms with E-state index in [4.69, 9.17) is 4.74 Å². The van der Waals surface area contributed by atoms with Crippen molar-refractivity contribution in [1.82, 2.24) is 4.98 Å². The third-order valence-electron chi connectivity index (χ3n) is 1.99. The Hall–Kier alpha value is -0.673. The number of nitrogens with zero attached hydrogens (tertiary/aromatic N) is 1. The molecule has 1 aromatic heterocycles. The summed E-state index contributed by atoms with van der Waals surface area (Å²) in [6.45, 7) is 8.66. The van der Waals surface area contributed by atoms with Crippen LogP contribution in [0.15, 0.2) is 24.5 Å². The van der Waals surface area contributed by atoms with E-state index in [0.29, 0.717) is 6.61 Å². The predicted octanol–water partition coefficient (Wildman–Crippen LogP) is 2.94. The van der Waals surface area contributed by atoms with Gasteiger partial charge in [-0.25, -0.2) is 0 Å². The molecule has 0 aliphatic heterocycles. The van der Waals surface area contributed by atoms with E-state index in [-0.39, 0.29) is 0 Å². The van der Waals surface area contributed by atoms with Gasteiger partial charge in [-0.15, -0.1) is 0 Å². The molecule has 0 saturated heterocycles. The number of ether oxygens (including phenoxy) is 1. The fourth-order valence-electron chi connectivity index (χ4n) is 1.05. The van der Waals surface area contributed by atoms with E-state index in [0.717, 1.165) is 12.2 Å². The highest BCUT2D eigenvalue weighted by Crippen LogP contribution is 2.08. The zero-order chi connectivity index (χ0) is 10.4. The molecule has 0 N–H and O–H groups in total. The quantitative estimate of drug-likeness (QED) is 0.549. The van der Waals surface area contributed by atoms with Gasteiger partial charge in [-0.05, 0) is 17.7 Å². The maximum Gasteiger partial charge on any atom is 0.0731 e. The fourth-order valence-corrected chi connectivity index (χ4v) is 1.81. The van der Waals surface area contributed by atoms with Crippen molar-refractivity contribution in [2.45, 2.75) is 32.3 Å². The number of rotatable bonds is 5. The third kappa shape index (κ3) is 5.14. The first-order valence-electron chi connectivity index (χ1n) is 5.04. The molecule has 1 rings (SSSR count). The Morgan fingerprint density at radius 1 is 1.36 bits per heavy atom. The first-order valence-corrected chi connectivity index (χ1v) is 8.75. The van der Waals surface area contributed by atoms with E-state index < -0.39 is 8.07 Å². The summed E-state index contributed by atoms with van der Waals surface area (Å²) in [4.78, 5) is 4.04. The second-order valence-corrected chi connectivity index (χ2v) is 10.3. The molecule has 0 aliphatic rings. The lowest BCUT2D eigenvalue weighted by Crippen LogP contribution is -2.21. The van der Waals surface area contributed by atoms with Gasteiger partial charge in [-0.2, -0.15) is 0 Å². The SMILES string of the molecule is C[Si](C)(C)CCOCc1cccnc1. The first-order chi connectivity index (χ1) is 6.58. The van der Waals surface area contributed by atoms with Crippen LogP contribution in [0.25, 0.3) is 0 Å². The summed E-state index contributed by atoms with van der Waals surface area (Å²) in [5, 5.41) is 0. The average Bonchev–Trinajstić information content (AvgIpc) is 2.13. The van der Waals surface area contributed by atoms with Crippen molar-refractivity contribution in [3.8, 4) is 0 Å². The molecule has 0 aromatic carbocycles. The second kappa shape index (κ2) is 5.27. The molecule has 0 radical (unpaired) electrons. The van der Waals surface area contributed by atoms with Gasteiger partial charge >= 0.3 is 0 Å². The van der Waals surface area contributed by atoms with Crippen molar-refractivity contribution in [3.63, 3.8) is 0 Å². The molecule has 0 unspecified atom stereocenters. The molecule has 1 heterocycles. The summed E-state index contributed by atoms with van der Waals surface area (Å²) in [5.74, 6) is 0. The van der Waals surface area contributed by atoms with Gasteiger partial charge in [0.15, 0.2) is 0 Å². The van der Waals surface area contributed by atoms with Crippen molar-refractivity contribution in [2.24, 2.45) is 0 Å². The molecule has 3 heteroatoms. The molecule has 2 nitrogen and oxygen atoms in total. The summed E-state index contributed by atoms with van der Waals surface area (Å²) in [6.07, 6.45) is 3.64. The van der Waals surface area contributed by atoms with Gasteiger partial charge in [0.25, 0.3) is 0 Å². The Balaban J connectivity index is 2.17. The molecule has 0 atom stereocenters. The van der Waals surface area contributed by atoms with Crippen LogP contribution in [0.1, 0.15) is 5.56 Å². The van der Waals surface area contributed by atoms with Crippen LogP contribution in [0.3, 0.4) is 0 Å². The van der Waals surface area contributed by atoms with Crippen LogP contribution >= 0.6 is 0 Å². The highest BCUT2D eigenvalue weighted by molar-refractivity contribution is 6.76. The highest BCUT2D eigenvalue weighted by Gasteiger charge is 2.11. The summed E-state index contributed by atoms with van der Waals surface area (Å²) in [5.41, 5.74) is 1.16. The smallest absolute Gasteiger partial charge is 0.0731 e. The Labute approximate surface area is 87.3 Å². The average molecular weight is 209 g/mol. The largest absolute Gasteiger partial charge is 0.377 e. The third-order valence-corrected chi connectivity index (χ3v) is 3.69. The van der Waals surface area contributed by atoms with Crippen molar-refractivity contribution >= 4 is 8.07 Å². The number of hydrogen-bond donors (Lipinski definition) is 0. The zero-order valence-electron chi connectivity index (χ0n) is 9.29. The number of aromatic nitrogens is 1. The number of pyridine rings is 1. The lowest BCUT2D eigenvalue weighted by molar-refractivity contribution is 0.133. The van der Waals surface area contributed by atoms with Crippen molar-refractivity contribution in [2.75, 3.05) is 6.61 Å². The Bertz CT molecular complexity index is 256. The van der Waals surface area contributed by atoms with Crippen molar-refractivity contribution in [1.29, 1.82) is 0 Å². The summed E-state index contributed by atoms with van der Waals surface area (Å²) >= 11 is 0. The van der Waals surface area contributed by atoms with E-state index in [1.165, 1.54) is 6.04 Å². The Morgan fingerprint density at radius 2 is 2.14 bits per heavy atom. The molecule has 14 heavy (non-hydrogen) atoms. The van der Waals surface area contributed by atoms with Gasteiger partial charge in [0.1, 0.15) is 0 Å². The lowest BCUT2D eigenvalue weighted by atomic mass is 10.3. The molecular formula is C11H19NOSi. The van der Waals surface area contributed by atoms with Crippen LogP contribution in [0.4, 0.5) is 0 Å². The number of hydrogen-bond acceptors (Lipinski definition) is 2. The monoisotopic (exact) mass is 209 g/mol. The first kappa shape index (κ1) is 11.4. The van der Waals surface area contributed by atoms with Crippen LogP contribution in [-0.4, -0.2) is 19.7 Å². The van der Waals surface area contributed by atoms with Gasteiger partial charge < -0.3 is 4.74 Å². The molecule has 0 amide bonds. The molecule has 0 saturated carbocycles. The van der Waals surface area contributed by atoms with Crippen LogP contribution in [0.2, 0.25) is 25.7 Å². The predicted molar refractivity (Wildman–Crippen MR) is 62.0 cm³/mol. The minimum absolute atomic E-state index is 0.693. The normalized spacial score (nSPS) is 11.6. The Kier molecular flexibility index (Phi) is 4.29. The Morgan fingerprint density at radius 3 is 2.71 bits per heavy atom. The van der Waals surface area contributed by atoms with Crippen LogP contribution in [0.5, 0.6) is 0 Å². The van der Waals surface area contributed by atoms with Gasteiger partial charge in [0, 0.05) is 27.1 Å². The van der Waals surface area contributed by atoms with Crippen LogP contribution in [-0.2, 0) is 11.3 Å². The topological polar surface area (TPSA) is 22.1 Å². The van der Waals surface area contributed by atoms with Gasteiger partial charge in [0.2, 0.25) is 0 Å². The molecule has 0 fully saturated rings. The van der Waals surface area contributed by atoms with E-state index in [9.17, 15) is 0 Å². The van der Waals surface area contributed by atoms with Crippen LogP contribution < -0.4 is 0 Å². The molecule has 0 spiro atoms. The lowest BCUT2D eigenvalue weighted by Gasteiger charge is -2.15. The minimum Gasteiger partial charge on any atom is -0.377 e. The molecule has 0 aliphatic carbocycles. The summed E-state index contributed by atoms with van der Waals surface area (Å²) < 4.78 is 5.59. The molecule has 78 valence electrons. The van der Waals surface area contributed by atoms with Gasteiger partial charge in [-0.3, -0.25) is 4.98 Å². The maximum absolute atomic E-state index is 5.59. The van der Waals surface area contributed by atoms with E-state index in [1.54, 1.807) is 6.20 Å². The zero-order valence-corrected chi connectivity index (χ0v) is 10.3. The second-order valence-electron chi connectivity index (χ2n) is 4.72. The highest BCUT2D eigenvalue weighted by atomic mass is 28.3. The van der Waals surface area contributed by atoms with Crippen LogP contribution in [0, 0.1) is 0 Å². The van der Waals surface area contributed by atoms with E-state index in [2.05, 4.69) is 24.6 Å². The van der Waals surface area contributed by atoms with Gasteiger partial charge in [-0.1, -0.05) is 25.7 Å². The molecule has 1 aromatic rings. The van der Waals surface area contributed by atoms with E-state index >= 15 is 0 Å². The molecule has 0 bridgehead atoms.